The Morgan fingerprint density at radius 1 is 1.20 bits per heavy atom. The molecule has 0 aromatic heterocycles. The maximum atomic E-state index is 12.1. The van der Waals surface area contributed by atoms with Crippen molar-refractivity contribution in [3.8, 4) is 11.5 Å². The lowest BCUT2D eigenvalue weighted by atomic mass is 10.1. The first-order chi connectivity index (χ1) is 12.1. The van der Waals surface area contributed by atoms with E-state index in [1.165, 1.54) is 4.90 Å². The summed E-state index contributed by atoms with van der Waals surface area (Å²) in [4.78, 5) is 13.5. The van der Waals surface area contributed by atoms with Gasteiger partial charge in [-0.15, -0.1) is 0 Å². The van der Waals surface area contributed by atoms with E-state index in [2.05, 4.69) is 5.32 Å². The molecule has 3 rings (SSSR count). The van der Waals surface area contributed by atoms with E-state index < -0.39 is 0 Å². The van der Waals surface area contributed by atoms with Crippen molar-refractivity contribution >= 4 is 29.3 Å². The molecule has 1 amide bonds. The molecular formula is C19H18N2O3S. The lowest BCUT2D eigenvalue weighted by Gasteiger charge is -2.11. The summed E-state index contributed by atoms with van der Waals surface area (Å²) < 4.78 is 11.2. The van der Waals surface area contributed by atoms with Crippen molar-refractivity contribution in [3.63, 3.8) is 0 Å². The zero-order chi connectivity index (χ0) is 17.8. The van der Waals surface area contributed by atoms with Crippen LogP contribution in [0.25, 0.3) is 6.08 Å². The number of nitrogens with zero attached hydrogens (tertiary/aromatic N) is 1. The van der Waals surface area contributed by atoms with Crippen molar-refractivity contribution in [2.75, 3.05) is 14.2 Å². The van der Waals surface area contributed by atoms with E-state index in [1.54, 1.807) is 20.2 Å². The second-order valence-electron chi connectivity index (χ2n) is 5.53. The highest BCUT2D eigenvalue weighted by Crippen LogP contribution is 2.24. The number of hydrogen-bond acceptors (Lipinski definition) is 4. The Kier molecular flexibility index (Phi) is 5.00. The molecule has 1 N–H and O–H groups in total. The van der Waals surface area contributed by atoms with Gasteiger partial charge >= 0.3 is 0 Å². The van der Waals surface area contributed by atoms with Crippen LogP contribution in [0.2, 0.25) is 0 Å². The number of hydrogen-bond donors (Lipinski definition) is 1. The molecule has 0 radical (unpaired) electrons. The first-order valence-electron chi connectivity index (χ1n) is 7.74. The van der Waals surface area contributed by atoms with Crippen LogP contribution in [0.1, 0.15) is 11.1 Å². The molecule has 0 aliphatic carbocycles. The van der Waals surface area contributed by atoms with Gasteiger partial charge in [-0.3, -0.25) is 9.69 Å². The van der Waals surface area contributed by atoms with E-state index in [0.717, 1.165) is 22.6 Å². The van der Waals surface area contributed by atoms with Crippen LogP contribution >= 0.6 is 12.2 Å². The largest absolute Gasteiger partial charge is 0.496 e. The van der Waals surface area contributed by atoms with Crippen LogP contribution in [0, 0.1) is 0 Å². The van der Waals surface area contributed by atoms with Gasteiger partial charge in [-0.1, -0.05) is 24.3 Å². The van der Waals surface area contributed by atoms with E-state index in [-0.39, 0.29) is 5.91 Å². The quantitative estimate of drug-likeness (QED) is 0.661. The molecule has 25 heavy (non-hydrogen) atoms. The van der Waals surface area contributed by atoms with Gasteiger partial charge in [-0.2, -0.15) is 0 Å². The lowest BCUT2D eigenvalue weighted by molar-refractivity contribution is -0.121. The fourth-order valence-corrected chi connectivity index (χ4v) is 2.66. The number of likely N-dealkylation sites (N-methyl/N-ethyl adjacent to an activating group) is 1. The summed E-state index contributed by atoms with van der Waals surface area (Å²) in [6.07, 6.45) is 1.77. The second-order valence-corrected chi connectivity index (χ2v) is 5.91. The van der Waals surface area contributed by atoms with E-state index in [9.17, 15) is 4.79 Å². The Bertz CT molecular complexity index is 834. The molecule has 2 aromatic rings. The Morgan fingerprint density at radius 2 is 1.96 bits per heavy atom. The van der Waals surface area contributed by atoms with Crippen molar-refractivity contribution in [1.29, 1.82) is 0 Å². The number of para-hydroxylation sites is 1. The minimum Gasteiger partial charge on any atom is -0.496 e. The van der Waals surface area contributed by atoms with Crippen LogP contribution in [-0.2, 0) is 11.4 Å². The number of nitrogens with one attached hydrogen (secondary N) is 1. The number of carbonyl (C=O) groups excluding carboxylic acids is 1. The standard InChI is InChI=1S/C19H18N2O3S/c1-21-18(22)16(20-19(21)25)11-13-8-9-17(23-2)14(10-13)12-24-15-6-4-3-5-7-15/h3-11H,12H2,1-2H3,(H,20,25)/b16-11+. The van der Waals surface area contributed by atoms with Crippen LogP contribution in [0.15, 0.2) is 54.2 Å². The van der Waals surface area contributed by atoms with E-state index in [0.29, 0.717) is 17.4 Å². The minimum atomic E-state index is -0.150. The molecule has 128 valence electrons. The Balaban J connectivity index is 1.83. The summed E-state index contributed by atoms with van der Waals surface area (Å²) in [6, 6.07) is 15.3. The predicted octanol–water partition coefficient (Wildman–Crippen LogP) is 2.96. The van der Waals surface area contributed by atoms with Crippen molar-refractivity contribution in [3.05, 3.63) is 65.4 Å². The summed E-state index contributed by atoms with van der Waals surface area (Å²) in [5.41, 5.74) is 2.20. The SMILES string of the molecule is COc1ccc(/C=C2/NC(=S)N(C)C2=O)cc1COc1ccccc1. The molecule has 0 atom stereocenters. The molecule has 6 heteroatoms. The van der Waals surface area contributed by atoms with Crippen LogP contribution in [0.3, 0.4) is 0 Å². The van der Waals surface area contributed by atoms with Crippen LogP contribution < -0.4 is 14.8 Å². The normalized spacial score (nSPS) is 15.4. The zero-order valence-corrected chi connectivity index (χ0v) is 14.8. The van der Waals surface area contributed by atoms with Gasteiger partial charge in [0.05, 0.1) is 7.11 Å². The van der Waals surface area contributed by atoms with Crippen molar-refractivity contribution in [2.24, 2.45) is 0 Å². The highest BCUT2D eigenvalue weighted by Gasteiger charge is 2.26. The highest BCUT2D eigenvalue weighted by atomic mass is 32.1. The average Bonchev–Trinajstić information content (AvgIpc) is 2.88. The first-order valence-corrected chi connectivity index (χ1v) is 8.15. The molecule has 0 spiro atoms. The summed E-state index contributed by atoms with van der Waals surface area (Å²) in [6.45, 7) is 0.365. The number of thiocarbonyl (C=S) groups is 1. The Labute approximate surface area is 151 Å². The van der Waals surface area contributed by atoms with Crippen LogP contribution in [-0.4, -0.2) is 30.1 Å². The number of carbonyl (C=O) groups is 1. The van der Waals surface area contributed by atoms with Crippen molar-refractivity contribution in [2.45, 2.75) is 6.61 Å². The van der Waals surface area contributed by atoms with Gasteiger partial charge in [0.15, 0.2) is 5.11 Å². The summed E-state index contributed by atoms with van der Waals surface area (Å²) in [7, 11) is 3.26. The molecular weight excluding hydrogens is 336 g/mol. The van der Waals surface area contributed by atoms with E-state index in [4.69, 9.17) is 21.7 Å². The van der Waals surface area contributed by atoms with Crippen LogP contribution in [0.4, 0.5) is 0 Å². The number of methoxy groups -OCH3 is 1. The third kappa shape index (κ3) is 3.80. The third-order valence-corrected chi connectivity index (χ3v) is 4.21. The molecule has 1 heterocycles. The smallest absolute Gasteiger partial charge is 0.276 e. The third-order valence-electron chi connectivity index (χ3n) is 3.83. The zero-order valence-electron chi connectivity index (χ0n) is 14.0. The fourth-order valence-electron chi connectivity index (χ4n) is 2.47. The van der Waals surface area contributed by atoms with Gasteiger partial charge in [-0.05, 0) is 48.1 Å². The van der Waals surface area contributed by atoms with Gasteiger partial charge in [0.1, 0.15) is 23.8 Å². The molecule has 2 aromatic carbocycles. The van der Waals surface area contributed by atoms with Gasteiger partial charge < -0.3 is 14.8 Å². The molecule has 1 aliphatic heterocycles. The van der Waals surface area contributed by atoms with Crippen LogP contribution in [0.5, 0.6) is 11.5 Å². The molecule has 1 fully saturated rings. The average molecular weight is 354 g/mol. The maximum Gasteiger partial charge on any atom is 0.276 e. The van der Waals surface area contributed by atoms with E-state index >= 15 is 0 Å². The number of ether oxygens (including phenoxy) is 2. The molecule has 1 aliphatic rings. The summed E-state index contributed by atoms with van der Waals surface area (Å²) in [5.74, 6) is 1.37. The molecule has 1 saturated heterocycles. The van der Waals surface area contributed by atoms with Gasteiger partial charge in [-0.25, -0.2) is 0 Å². The summed E-state index contributed by atoms with van der Waals surface area (Å²) >= 11 is 5.09. The maximum absolute atomic E-state index is 12.1. The molecule has 5 nitrogen and oxygen atoms in total. The number of benzene rings is 2. The van der Waals surface area contributed by atoms with Gasteiger partial charge in [0, 0.05) is 12.6 Å². The highest BCUT2D eigenvalue weighted by molar-refractivity contribution is 7.80. The topological polar surface area (TPSA) is 50.8 Å². The van der Waals surface area contributed by atoms with E-state index in [1.807, 2.05) is 48.5 Å². The monoisotopic (exact) mass is 354 g/mol. The first kappa shape index (κ1) is 17.0. The Morgan fingerprint density at radius 3 is 2.60 bits per heavy atom. The minimum absolute atomic E-state index is 0.150. The van der Waals surface area contributed by atoms with Crippen molar-refractivity contribution in [1.82, 2.24) is 10.2 Å². The van der Waals surface area contributed by atoms with Crippen molar-refractivity contribution < 1.29 is 14.3 Å². The molecule has 0 saturated carbocycles. The van der Waals surface area contributed by atoms with Gasteiger partial charge in [0.25, 0.3) is 5.91 Å². The van der Waals surface area contributed by atoms with Gasteiger partial charge in [0.2, 0.25) is 0 Å². The Hall–Kier alpha value is -2.86. The number of amides is 1. The number of rotatable bonds is 5. The fraction of sp³-hybridized carbons (Fsp3) is 0.158. The summed E-state index contributed by atoms with van der Waals surface area (Å²) in [5, 5.41) is 3.31. The molecule has 0 unspecified atom stereocenters. The lowest BCUT2D eigenvalue weighted by Crippen LogP contribution is -2.25. The predicted molar refractivity (Wildman–Crippen MR) is 100 cm³/mol. The second kappa shape index (κ2) is 7.36. The molecule has 0 bridgehead atoms.